The van der Waals surface area contributed by atoms with Crippen LogP contribution in [0.3, 0.4) is 0 Å². The molecule has 2 heteroatoms. The quantitative estimate of drug-likeness (QED) is 0.205. The maximum Gasteiger partial charge on any atom is 0.143 e. The average Bonchev–Trinajstić information content (AvgIpc) is 3.64. The lowest BCUT2D eigenvalue weighted by atomic mass is 9.83. The average molecular weight is 562 g/mol. The van der Waals surface area contributed by atoms with Crippen LogP contribution < -0.4 is 0 Å². The third-order valence-corrected chi connectivity index (χ3v) is 9.70. The first-order chi connectivity index (χ1) is 21.8. The summed E-state index contributed by atoms with van der Waals surface area (Å²) in [4.78, 5) is 0. The van der Waals surface area contributed by atoms with Crippen molar-refractivity contribution in [2.45, 2.75) is 12.8 Å². The molecule has 1 aliphatic rings. The summed E-state index contributed by atoms with van der Waals surface area (Å²) in [5.41, 5.74) is 13.3. The van der Waals surface area contributed by atoms with Gasteiger partial charge in [-0.05, 0) is 70.3 Å². The maximum atomic E-state index is 6.68. The Hall–Kier alpha value is -5.60. The lowest BCUT2D eigenvalue weighted by Gasteiger charge is -2.20. The zero-order chi connectivity index (χ0) is 28.8. The Morgan fingerprint density at radius 3 is 2.18 bits per heavy atom. The number of aryl methyl sites for hydroxylation is 2. The highest BCUT2D eigenvalue weighted by molar-refractivity contribution is 6.19. The van der Waals surface area contributed by atoms with Gasteiger partial charge >= 0.3 is 0 Å². The van der Waals surface area contributed by atoms with Gasteiger partial charge in [-0.1, -0.05) is 115 Å². The van der Waals surface area contributed by atoms with Crippen molar-refractivity contribution >= 4 is 54.5 Å². The molecule has 2 heterocycles. The Morgan fingerprint density at radius 2 is 1.25 bits per heavy atom. The lowest BCUT2D eigenvalue weighted by molar-refractivity contribution is 0.670. The molecule has 0 radical (unpaired) electrons. The lowest BCUT2D eigenvalue weighted by Crippen LogP contribution is -2.03. The van der Waals surface area contributed by atoms with Crippen LogP contribution in [0.5, 0.6) is 0 Å². The number of furan rings is 1. The van der Waals surface area contributed by atoms with Crippen molar-refractivity contribution in [2.75, 3.05) is 0 Å². The highest BCUT2D eigenvalue weighted by Gasteiger charge is 2.23. The maximum absolute atomic E-state index is 6.68. The fourth-order valence-corrected chi connectivity index (χ4v) is 7.72. The first kappa shape index (κ1) is 23.9. The molecule has 0 bridgehead atoms. The highest BCUT2D eigenvalue weighted by atomic mass is 16.3. The summed E-state index contributed by atoms with van der Waals surface area (Å²) < 4.78 is 9.10. The molecule has 206 valence electrons. The fraction of sp³-hybridized carbons (Fsp3) is 0.0476. The zero-order valence-corrected chi connectivity index (χ0v) is 24.0. The molecule has 0 unspecified atom stereocenters. The summed E-state index contributed by atoms with van der Waals surface area (Å²) in [6.07, 6.45) is 2.15. The van der Waals surface area contributed by atoms with Crippen LogP contribution in [-0.2, 0) is 12.8 Å². The third-order valence-electron chi connectivity index (χ3n) is 9.70. The van der Waals surface area contributed by atoms with E-state index in [2.05, 4.69) is 144 Å². The predicted molar refractivity (Wildman–Crippen MR) is 184 cm³/mol. The third kappa shape index (κ3) is 3.25. The molecule has 2 aromatic heterocycles. The van der Waals surface area contributed by atoms with Crippen LogP contribution in [0.2, 0.25) is 0 Å². The number of benzene rings is 7. The van der Waals surface area contributed by atoms with E-state index in [0.29, 0.717) is 0 Å². The van der Waals surface area contributed by atoms with Gasteiger partial charge < -0.3 is 8.98 Å². The van der Waals surface area contributed by atoms with Crippen molar-refractivity contribution in [1.82, 2.24) is 4.57 Å². The van der Waals surface area contributed by atoms with Crippen LogP contribution in [0.25, 0.3) is 82.5 Å². The first-order valence-electron chi connectivity index (χ1n) is 15.4. The van der Waals surface area contributed by atoms with Crippen LogP contribution in [0.15, 0.2) is 144 Å². The van der Waals surface area contributed by atoms with E-state index in [1.807, 2.05) is 0 Å². The van der Waals surface area contributed by atoms with E-state index in [4.69, 9.17) is 4.42 Å². The van der Waals surface area contributed by atoms with Crippen molar-refractivity contribution in [1.29, 1.82) is 0 Å². The minimum Gasteiger partial charge on any atom is -0.455 e. The number of hydrogen-bond donors (Lipinski definition) is 0. The molecule has 1 aliphatic carbocycles. The minimum atomic E-state index is 0.953. The number of fused-ring (bicyclic) bond motifs is 12. The molecule has 10 rings (SSSR count). The van der Waals surface area contributed by atoms with Gasteiger partial charge in [0.1, 0.15) is 11.2 Å². The van der Waals surface area contributed by atoms with Gasteiger partial charge in [-0.15, -0.1) is 0 Å². The van der Waals surface area contributed by atoms with E-state index in [1.54, 1.807) is 0 Å². The van der Waals surface area contributed by atoms with Crippen molar-refractivity contribution in [2.24, 2.45) is 0 Å². The molecule has 7 aromatic carbocycles. The number of rotatable bonds is 2. The fourth-order valence-electron chi connectivity index (χ4n) is 7.72. The van der Waals surface area contributed by atoms with E-state index < -0.39 is 0 Å². The SMILES string of the molecule is c1ccc2c(c1)CCc1ccc3oc4c(-c5ccc(-n6c7ccccc7c7ccc8ccccc8c76)cc5)cccc4c3c1-2. The molecule has 44 heavy (non-hydrogen) atoms. The zero-order valence-electron chi connectivity index (χ0n) is 24.0. The van der Waals surface area contributed by atoms with Crippen molar-refractivity contribution < 1.29 is 4.42 Å². The largest absolute Gasteiger partial charge is 0.455 e. The molecular weight excluding hydrogens is 534 g/mol. The Labute approximate surface area is 254 Å². The highest BCUT2D eigenvalue weighted by Crippen LogP contribution is 2.45. The van der Waals surface area contributed by atoms with E-state index in [9.17, 15) is 0 Å². The van der Waals surface area contributed by atoms with Gasteiger partial charge in [0.2, 0.25) is 0 Å². The second kappa shape index (κ2) is 8.95. The molecule has 0 aliphatic heterocycles. The summed E-state index contributed by atoms with van der Waals surface area (Å²) >= 11 is 0. The molecule has 2 nitrogen and oxygen atoms in total. The van der Waals surface area contributed by atoms with Gasteiger partial charge in [0.05, 0.1) is 11.0 Å². The van der Waals surface area contributed by atoms with Crippen LogP contribution in [0.4, 0.5) is 0 Å². The predicted octanol–water partition coefficient (Wildman–Crippen LogP) is 11.3. The molecule has 0 spiro atoms. The number of hydrogen-bond acceptors (Lipinski definition) is 1. The Bertz CT molecular complexity index is 2600. The monoisotopic (exact) mass is 561 g/mol. The second-order valence-corrected chi connectivity index (χ2v) is 12.0. The Balaban J connectivity index is 1.17. The van der Waals surface area contributed by atoms with Crippen molar-refractivity contribution in [3.63, 3.8) is 0 Å². The van der Waals surface area contributed by atoms with Gasteiger partial charge in [-0.3, -0.25) is 0 Å². The molecular formula is C42H27NO. The van der Waals surface area contributed by atoms with Gasteiger partial charge in [-0.2, -0.15) is 0 Å². The van der Waals surface area contributed by atoms with Crippen LogP contribution in [0, 0.1) is 0 Å². The molecule has 0 saturated heterocycles. The Morgan fingerprint density at radius 1 is 0.500 bits per heavy atom. The standard InChI is InChI=1S/C42H27NO/c1-3-10-31-26(8-1)16-17-29-21-25-38-40(39(29)31)36-14-7-13-33(42(36)44-38)28-18-22-30(23-19-28)43-37-15-6-5-12-34(37)35-24-20-27-9-2-4-11-32(27)41(35)43/h1-15,18-25H,16-17H2. The molecule has 9 aromatic rings. The van der Waals surface area contributed by atoms with E-state index in [0.717, 1.165) is 40.8 Å². The van der Waals surface area contributed by atoms with Gasteiger partial charge in [0.15, 0.2) is 0 Å². The summed E-state index contributed by atoms with van der Waals surface area (Å²) in [5, 5.41) is 7.49. The number of aromatic nitrogens is 1. The second-order valence-electron chi connectivity index (χ2n) is 12.0. The minimum absolute atomic E-state index is 0.953. The van der Waals surface area contributed by atoms with Gasteiger partial charge in [-0.25, -0.2) is 0 Å². The smallest absolute Gasteiger partial charge is 0.143 e. The topological polar surface area (TPSA) is 18.1 Å². The van der Waals surface area contributed by atoms with E-state index in [1.165, 1.54) is 65.6 Å². The van der Waals surface area contributed by atoms with Gasteiger partial charge in [0, 0.05) is 38.2 Å². The van der Waals surface area contributed by atoms with Crippen molar-refractivity contribution in [3.05, 3.63) is 151 Å². The van der Waals surface area contributed by atoms with Crippen LogP contribution in [-0.4, -0.2) is 4.57 Å². The summed E-state index contributed by atoms with van der Waals surface area (Å²) in [6, 6.07) is 50.8. The summed E-state index contributed by atoms with van der Waals surface area (Å²) in [6.45, 7) is 0. The van der Waals surface area contributed by atoms with E-state index in [-0.39, 0.29) is 0 Å². The molecule has 0 N–H and O–H groups in total. The number of nitrogens with zero attached hydrogens (tertiary/aromatic N) is 1. The first-order valence-corrected chi connectivity index (χ1v) is 15.4. The van der Waals surface area contributed by atoms with Crippen molar-refractivity contribution in [3.8, 4) is 27.9 Å². The summed E-state index contributed by atoms with van der Waals surface area (Å²) in [5.74, 6) is 0. The van der Waals surface area contributed by atoms with Crippen LogP contribution in [0.1, 0.15) is 11.1 Å². The van der Waals surface area contributed by atoms with Crippen LogP contribution >= 0.6 is 0 Å². The van der Waals surface area contributed by atoms with Gasteiger partial charge in [0.25, 0.3) is 0 Å². The molecule has 0 atom stereocenters. The normalized spacial score (nSPS) is 12.8. The molecule has 0 amide bonds. The number of para-hydroxylation sites is 2. The Kier molecular flexibility index (Phi) is 4.86. The summed E-state index contributed by atoms with van der Waals surface area (Å²) in [7, 11) is 0. The molecule has 0 fully saturated rings. The molecule has 0 saturated carbocycles. The van der Waals surface area contributed by atoms with E-state index >= 15 is 0 Å².